The third-order valence-electron chi connectivity index (χ3n) is 3.60. The van der Waals surface area contributed by atoms with Crippen LogP contribution in [0.2, 0.25) is 0 Å². The summed E-state index contributed by atoms with van der Waals surface area (Å²) in [6, 6.07) is 6.29. The van der Waals surface area contributed by atoms with Gasteiger partial charge in [-0.25, -0.2) is 0 Å². The van der Waals surface area contributed by atoms with Gasteiger partial charge in [-0.1, -0.05) is 0 Å². The van der Waals surface area contributed by atoms with Crippen molar-refractivity contribution in [1.29, 1.82) is 0 Å². The van der Waals surface area contributed by atoms with Crippen LogP contribution >= 0.6 is 0 Å². The van der Waals surface area contributed by atoms with Gasteiger partial charge in [0.2, 0.25) is 11.2 Å². The quantitative estimate of drug-likeness (QED) is 0.610. The SMILES string of the molecule is COc1ccc(-c2oc3cc(O)cc(O)c3c(=O)c2OC(C)=O)cc1O. The van der Waals surface area contributed by atoms with Crippen LogP contribution < -0.4 is 14.9 Å². The number of benzene rings is 2. The predicted molar refractivity (Wildman–Crippen MR) is 90.8 cm³/mol. The maximum absolute atomic E-state index is 12.7. The summed E-state index contributed by atoms with van der Waals surface area (Å²) in [5.74, 6) is -2.24. The van der Waals surface area contributed by atoms with Gasteiger partial charge in [-0.15, -0.1) is 0 Å². The Morgan fingerprint density at radius 3 is 2.42 bits per heavy atom. The average Bonchev–Trinajstić information content (AvgIpc) is 2.56. The summed E-state index contributed by atoms with van der Waals surface area (Å²) >= 11 is 0. The van der Waals surface area contributed by atoms with E-state index in [1.54, 1.807) is 0 Å². The molecule has 2 aromatic carbocycles. The van der Waals surface area contributed by atoms with Crippen LogP contribution in [0.25, 0.3) is 22.3 Å². The summed E-state index contributed by atoms with van der Waals surface area (Å²) in [4.78, 5) is 24.1. The van der Waals surface area contributed by atoms with Gasteiger partial charge in [-0.2, -0.15) is 0 Å². The van der Waals surface area contributed by atoms with Crippen molar-refractivity contribution in [2.75, 3.05) is 7.11 Å². The highest BCUT2D eigenvalue weighted by molar-refractivity contribution is 5.89. The molecule has 0 spiro atoms. The van der Waals surface area contributed by atoms with Gasteiger partial charge in [-0.3, -0.25) is 9.59 Å². The van der Waals surface area contributed by atoms with E-state index in [2.05, 4.69) is 0 Å². The third-order valence-corrected chi connectivity index (χ3v) is 3.60. The third kappa shape index (κ3) is 2.88. The molecule has 3 N–H and O–H groups in total. The van der Waals surface area contributed by atoms with E-state index in [9.17, 15) is 24.9 Å². The van der Waals surface area contributed by atoms with Crippen molar-refractivity contribution in [3.8, 4) is 40.1 Å². The lowest BCUT2D eigenvalue weighted by atomic mass is 10.1. The molecular weight excluding hydrogens is 344 g/mol. The highest BCUT2D eigenvalue weighted by Crippen LogP contribution is 2.38. The monoisotopic (exact) mass is 358 g/mol. The number of carbonyl (C=O) groups is 1. The first-order chi connectivity index (χ1) is 12.3. The van der Waals surface area contributed by atoms with E-state index in [1.165, 1.54) is 25.3 Å². The number of rotatable bonds is 3. The molecule has 26 heavy (non-hydrogen) atoms. The maximum Gasteiger partial charge on any atom is 0.308 e. The molecule has 8 nitrogen and oxygen atoms in total. The van der Waals surface area contributed by atoms with E-state index in [1.807, 2.05) is 0 Å². The zero-order valence-electron chi connectivity index (χ0n) is 13.8. The van der Waals surface area contributed by atoms with E-state index in [4.69, 9.17) is 13.9 Å². The van der Waals surface area contributed by atoms with E-state index < -0.39 is 22.9 Å². The molecule has 3 rings (SSSR count). The molecule has 8 heteroatoms. The van der Waals surface area contributed by atoms with Crippen LogP contribution in [0.15, 0.2) is 39.5 Å². The molecule has 0 fully saturated rings. The van der Waals surface area contributed by atoms with E-state index in [0.717, 1.165) is 19.1 Å². The molecule has 0 atom stereocenters. The fraction of sp³-hybridized carbons (Fsp3) is 0.111. The lowest BCUT2D eigenvalue weighted by Gasteiger charge is -2.11. The Morgan fingerprint density at radius 1 is 1.08 bits per heavy atom. The van der Waals surface area contributed by atoms with Crippen LogP contribution in [0.5, 0.6) is 28.7 Å². The minimum Gasteiger partial charge on any atom is -0.508 e. The van der Waals surface area contributed by atoms with Gasteiger partial charge in [0.15, 0.2) is 17.3 Å². The van der Waals surface area contributed by atoms with E-state index in [0.29, 0.717) is 0 Å². The van der Waals surface area contributed by atoms with Gasteiger partial charge in [0.25, 0.3) is 0 Å². The summed E-state index contributed by atoms with van der Waals surface area (Å²) in [5.41, 5.74) is -0.695. The Morgan fingerprint density at radius 2 is 1.81 bits per heavy atom. The molecule has 0 unspecified atom stereocenters. The second-order valence-corrected chi connectivity index (χ2v) is 5.41. The summed E-state index contributed by atoms with van der Waals surface area (Å²) in [7, 11) is 1.38. The van der Waals surface area contributed by atoms with Gasteiger partial charge in [0.1, 0.15) is 22.5 Å². The maximum atomic E-state index is 12.7. The zero-order valence-corrected chi connectivity index (χ0v) is 13.8. The number of phenolic OH excluding ortho intramolecular Hbond substituents is 3. The Labute approximate surface area is 146 Å². The minimum atomic E-state index is -0.802. The van der Waals surface area contributed by atoms with Crippen molar-refractivity contribution in [3.63, 3.8) is 0 Å². The first-order valence-corrected chi connectivity index (χ1v) is 7.40. The number of hydrogen-bond donors (Lipinski definition) is 3. The molecule has 0 amide bonds. The molecule has 0 aliphatic rings. The van der Waals surface area contributed by atoms with Gasteiger partial charge in [0, 0.05) is 24.6 Å². The van der Waals surface area contributed by atoms with Crippen LogP contribution in [0.3, 0.4) is 0 Å². The van der Waals surface area contributed by atoms with Crippen LogP contribution in [0, 0.1) is 0 Å². The van der Waals surface area contributed by atoms with Crippen LogP contribution in [0.4, 0.5) is 0 Å². The van der Waals surface area contributed by atoms with Gasteiger partial charge in [-0.05, 0) is 18.2 Å². The van der Waals surface area contributed by atoms with Crippen molar-refractivity contribution in [3.05, 3.63) is 40.6 Å². The fourth-order valence-electron chi connectivity index (χ4n) is 2.53. The summed E-state index contributed by atoms with van der Waals surface area (Å²) in [6.07, 6.45) is 0. The Kier molecular flexibility index (Phi) is 4.17. The first kappa shape index (κ1) is 17.2. The molecule has 0 radical (unpaired) electrons. The summed E-state index contributed by atoms with van der Waals surface area (Å²) < 4.78 is 15.6. The molecular formula is C18H14O8. The molecule has 1 aromatic heterocycles. The average molecular weight is 358 g/mol. The molecule has 0 aliphatic heterocycles. The lowest BCUT2D eigenvalue weighted by molar-refractivity contribution is -0.132. The van der Waals surface area contributed by atoms with Gasteiger partial charge >= 0.3 is 5.97 Å². The standard InChI is InChI=1S/C18H14O8/c1-8(19)25-18-16(23)15-12(22)6-10(20)7-14(15)26-17(18)9-3-4-13(24-2)11(21)5-9/h3-7,20-22H,1-2H3. The summed E-state index contributed by atoms with van der Waals surface area (Å²) in [6.45, 7) is 1.11. The Balaban J connectivity index is 2.37. The van der Waals surface area contributed by atoms with Crippen molar-refractivity contribution < 1.29 is 34.0 Å². The number of phenols is 3. The predicted octanol–water partition coefficient (Wildman–Crippen LogP) is 2.51. The fourth-order valence-corrected chi connectivity index (χ4v) is 2.53. The van der Waals surface area contributed by atoms with Crippen molar-refractivity contribution >= 4 is 16.9 Å². The van der Waals surface area contributed by atoms with Crippen LogP contribution in [-0.2, 0) is 4.79 Å². The van der Waals surface area contributed by atoms with Crippen LogP contribution in [0.1, 0.15) is 6.92 Å². The first-order valence-electron chi connectivity index (χ1n) is 7.40. The number of fused-ring (bicyclic) bond motifs is 1. The highest BCUT2D eigenvalue weighted by Gasteiger charge is 2.22. The smallest absolute Gasteiger partial charge is 0.308 e. The Hall–Kier alpha value is -3.68. The summed E-state index contributed by atoms with van der Waals surface area (Å²) in [5, 5.41) is 29.3. The number of esters is 1. The molecule has 3 aromatic rings. The molecule has 0 aliphatic carbocycles. The Bertz CT molecular complexity index is 1080. The normalized spacial score (nSPS) is 10.7. The van der Waals surface area contributed by atoms with Crippen molar-refractivity contribution in [1.82, 2.24) is 0 Å². The van der Waals surface area contributed by atoms with E-state index >= 15 is 0 Å². The van der Waals surface area contributed by atoms with Crippen LogP contribution in [-0.4, -0.2) is 28.4 Å². The number of ether oxygens (including phenoxy) is 2. The van der Waals surface area contributed by atoms with Gasteiger partial charge < -0.3 is 29.2 Å². The van der Waals surface area contributed by atoms with Crippen molar-refractivity contribution in [2.45, 2.75) is 6.92 Å². The minimum absolute atomic E-state index is 0.117. The van der Waals surface area contributed by atoms with Gasteiger partial charge in [0.05, 0.1) is 7.11 Å². The molecule has 134 valence electrons. The highest BCUT2D eigenvalue weighted by atomic mass is 16.5. The topological polar surface area (TPSA) is 126 Å². The number of carbonyl (C=O) groups excluding carboxylic acids is 1. The number of aromatic hydroxyl groups is 3. The largest absolute Gasteiger partial charge is 0.508 e. The molecule has 0 saturated heterocycles. The molecule has 0 saturated carbocycles. The van der Waals surface area contributed by atoms with E-state index in [-0.39, 0.29) is 39.5 Å². The number of hydrogen-bond acceptors (Lipinski definition) is 8. The van der Waals surface area contributed by atoms with Crippen molar-refractivity contribution in [2.24, 2.45) is 0 Å². The lowest BCUT2D eigenvalue weighted by Crippen LogP contribution is -2.13. The second-order valence-electron chi connectivity index (χ2n) is 5.41. The number of methoxy groups -OCH3 is 1. The molecule has 0 bridgehead atoms. The molecule has 1 heterocycles. The zero-order chi connectivity index (χ0) is 19.0. The second kappa shape index (κ2) is 6.32.